The molecule has 2 N–H and O–H groups in total. The highest BCUT2D eigenvalue weighted by atomic mass is 19.1. The lowest BCUT2D eigenvalue weighted by Gasteiger charge is -2.43. The van der Waals surface area contributed by atoms with Gasteiger partial charge in [-0.15, -0.1) is 0 Å². The summed E-state index contributed by atoms with van der Waals surface area (Å²) in [7, 11) is 0. The van der Waals surface area contributed by atoms with Crippen molar-refractivity contribution in [3.05, 3.63) is 63.8 Å². The summed E-state index contributed by atoms with van der Waals surface area (Å²) in [4.78, 5) is 28.0. The zero-order chi connectivity index (χ0) is 22.1. The van der Waals surface area contributed by atoms with Crippen LogP contribution >= 0.6 is 0 Å². The molecule has 0 spiro atoms. The Morgan fingerprint density at radius 3 is 2.56 bits per heavy atom. The number of rotatable bonds is 4. The number of likely N-dealkylation sites (tertiary alicyclic amines) is 1. The van der Waals surface area contributed by atoms with Crippen molar-refractivity contribution in [2.75, 3.05) is 18.4 Å². The summed E-state index contributed by atoms with van der Waals surface area (Å²) in [5.74, 6) is 0.473. The Hall–Kier alpha value is -2.67. The Labute approximate surface area is 187 Å². The van der Waals surface area contributed by atoms with Crippen LogP contribution in [0.15, 0.2) is 41.2 Å². The zero-order valence-corrected chi connectivity index (χ0v) is 18.4. The number of anilines is 1. The first-order valence-electron chi connectivity index (χ1n) is 11.8. The Morgan fingerprint density at radius 1 is 1.00 bits per heavy atom. The summed E-state index contributed by atoms with van der Waals surface area (Å²) >= 11 is 0. The first-order chi connectivity index (χ1) is 15.5. The van der Waals surface area contributed by atoms with Crippen LogP contribution in [0.5, 0.6) is 0 Å². The molecule has 170 valence electrons. The van der Waals surface area contributed by atoms with Gasteiger partial charge in [0.2, 0.25) is 0 Å². The van der Waals surface area contributed by atoms with Crippen molar-refractivity contribution in [2.24, 2.45) is 5.92 Å². The van der Waals surface area contributed by atoms with E-state index in [2.05, 4.69) is 15.5 Å². The number of nitrogens with zero attached hydrogens (tertiary/aromatic N) is 2. The minimum Gasteiger partial charge on any atom is -0.335 e. The Kier molecular flexibility index (Phi) is 6.00. The number of aromatic nitrogens is 1. The van der Waals surface area contributed by atoms with Gasteiger partial charge in [-0.2, -0.15) is 0 Å². The predicted molar refractivity (Wildman–Crippen MR) is 122 cm³/mol. The number of hydrogen-bond acceptors (Lipinski definition) is 3. The molecule has 32 heavy (non-hydrogen) atoms. The second kappa shape index (κ2) is 9.06. The molecule has 7 heteroatoms. The molecule has 2 fully saturated rings. The van der Waals surface area contributed by atoms with Gasteiger partial charge in [-0.25, -0.2) is 9.18 Å². The second-order valence-corrected chi connectivity index (χ2v) is 9.64. The van der Waals surface area contributed by atoms with Gasteiger partial charge in [0.1, 0.15) is 11.5 Å². The Morgan fingerprint density at radius 2 is 1.78 bits per heavy atom. The first kappa shape index (κ1) is 21.2. The molecule has 2 aromatic rings. The average molecular weight is 439 g/mol. The van der Waals surface area contributed by atoms with Crippen LogP contribution in [0, 0.1) is 11.7 Å². The van der Waals surface area contributed by atoms with Crippen molar-refractivity contribution in [1.82, 2.24) is 14.8 Å². The molecule has 1 aromatic carbocycles. The number of halogens is 1. The maximum atomic E-state index is 13.2. The number of pyridine rings is 1. The monoisotopic (exact) mass is 438 g/mol. The normalized spacial score (nSPS) is 23.4. The van der Waals surface area contributed by atoms with E-state index in [4.69, 9.17) is 0 Å². The Balaban J connectivity index is 1.27. The highest BCUT2D eigenvalue weighted by Crippen LogP contribution is 2.36. The topological polar surface area (TPSA) is 66.4 Å². The summed E-state index contributed by atoms with van der Waals surface area (Å²) in [6, 6.07) is 10.4. The summed E-state index contributed by atoms with van der Waals surface area (Å²) in [5.41, 5.74) is 2.40. The molecule has 1 aliphatic carbocycles. The summed E-state index contributed by atoms with van der Waals surface area (Å²) in [6.07, 6.45) is 6.62. The van der Waals surface area contributed by atoms with Crippen LogP contribution in [0.25, 0.3) is 0 Å². The highest BCUT2D eigenvalue weighted by molar-refractivity contribution is 5.89. The number of nitrogens with one attached hydrogen (secondary N) is 2. The lowest BCUT2D eigenvalue weighted by atomic mass is 9.83. The van der Waals surface area contributed by atoms with E-state index in [0.29, 0.717) is 24.1 Å². The molecule has 0 unspecified atom stereocenters. The summed E-state index contributed by atoms with van der Waals surface area (Å²) in [6.45, 7) is 3.25. The van der Waals surface area contributed by atoms with Gasteiger partial charge in [0, 0.05) is 43.8 Å². The first-order valence-corrected chi connectivity index (χ1v) is 11.8. The molecular formula is C25H31FN4O2. The number of amides is 2. The molecule has 1 saturated carbocycles. The van der Waals surface area contributed by atoms with Crippen molar-refractivity contribution >= 4 is 11.7 Å². The largest absolute Gasteiger partial charge is 0.335 e. The third-order valence-electron chi connectivity index (χ3n) is 7.19. The fraction of sp³-hybridized carbons (Fsp3) is 0.520. The molecule has 6 nitrogen and oxygen atoms in total. The average Bonchev–Trinajstić information content (AvgIpc) is 2.78. The fourth-order valence-corrected chi connectivity index (χ4v) is 5.71. The van der Waals surface area contributed by atoms with E-state index in [-0.39, 0.29) is 23.4 Å². The highest BCUT2D eigenvalue weighted by Gasteiger charge is 2.35. The van der Waals surface area contributed by atoms with E-state index in [1.165, 1.54) is 18.6 Å². The standard InChI is InChI=1S/C25H31FN4O2/c26-20-8-6-17(7-9-20)13-29-14-18-12-19(16-29)23-11-10-22(24(31)30(23)15-18)28-25(32)27-21-4-2-1-3-5-21/h6-11,18-19,21H,1-5,12-16H2,(H2,27,28,32)/t18-,19+/m0/s1. The number of piperidine rings is 1. The van der Waals surface area contributed by atoms with Crippen LogP contribution in [0.1, 0.15) is 55.7 Å². The van der Waals surface area contributed by atoms with Gasteiger partial charge in [-0.3, -0.25) is 9.69 Å². The molecule has 0 radical (unpaired) electrons. The predicted octanol–water partition coefficient (Wildman–Crippen LogP) is 4.06. The van der Waals surface area contributed by atoms with Crippen LogP contribution < -0.4 is 16.2 Å². The molecule has 3 heterocycles. The maximum absolute atomic E-state index is 13.2. The van der Waals surface area contributed by atoms with E-state index >= 15 is 0 Å². The van der Waals surface area contributed by atoms with Crippen LogP contribution in [-0.2, 0) is 13.1 Å². The molecule has 1 saturated heterocycles. The van der Waals surface area contributed by atoms with Gasteiger partial charge in [-0.05, 0) is 55.0 Å². The van der Waals surface area contributed by atoms with Crippen molar-refractivity contribution in [2.45, 2.75) is 63.6 Å². The summed E-state index contributed by atoms with van der Waals surface area (Å²) in [5, 5.41) is 5.81. The van der Waals surface area contributed by atoms with Crippen molar-refractivity contribution in [3.8, 4) is 0 Å². The number of hydrogen-bond donors (Lipinski definition) is 2. The van der Waals surface area contributed by atoms with Crippen molar-refractivity contribution in [1.29, 1.82) is 0 Å². The third kappa shape index (κ3) is 4.58. The number of carbonyl (C=O) groups is 1. The number of fused-ring (bicyclic) bond motifs is 4. The fourth-order valence-electron chi connectivity index (χ4n) is 5.71. The molecule has 5 rings (SSSR count). The van der Waals surface area contributed by atoms with Gasteiger partial charge in [-0.1, -0.05) is 31.4 Å². The van der Waals surface area contributed by atoms with Crippen LogP contribution in [0.2, 0.25) is 0 Å². The van der Waals surface area contributed by atoms with Crippen LogP contribution in [-0.4, -0.2) is 34.6 Å². The minimum atomic E-state index is -0.281. The molecule has 2 atom stereocenters. The molecule has 3 aliphatic rings. The van der Waals surface area contributed by atoms with Gasteiger partial charge < -0.3 is 15.2 Å². The molecule has 2 bridgehead atoms. The van der Waals surface area contributed by atoms with E-state index in [9.17, 15) is 14.0 Å². The van der Waals surface area contributed by atoms with Crippen molar-refractivity contribution < 1.29 is 9.18 Å². The van der Waals surface area contributed by atoms with Crippen LogP contribution in [0.3, 0.4) is 0 Å². The van der Waals surface area contributed by atoms with E-state index in [1.54, 1.807) is 6.07 Å². The van der Waals surface area contributed by atoms with E-state index in [1.807, 2.05) is 22.8 Å². The summed E-state index contributed by atoms with van der Waals surface area (Å²) < 4.78 is 15.1. The quantitative estimate of drug-likeness (QED) is 0.757. The SMILES string of the molecule is O=C(Nc1ccc2n(c1=O)C[C@H]1C[C@@H]2CN(Cc2ccc(F)cc2)C1)NC1CCCCC1. The van der Waals surface area contributed by atoms with Gasteiger partial charge in [0.05, 0.1) is 0 Å². The van der Waals surface area contributed by atoms with Crippen LogP contribution in [0.4, 0.5) is 14.9 Å². The lowest BCUT2D eigenvalue weighted by Crippen LogP contribution is -2.47. The molecule has 2 aliphatic heterocycles. The minimum absolute atomic E-state index is 0.108. The lowest BCUT2D eigenvalue weighted by molar-refractivity contribution is 0.114. The van der Waals surface area contributed by atoms with E-state index < -0.39 is 0 Å². The smallest absolute Gasteiger partial charge is 0.319 e. The number of carbonyl (C=O) groups excluding carboxylic acids is 1. The van der Waals surface area contributed by atoms with Gasteiger partial charge in [0.25, 0.3) is 5.56 Å². The van der Waals surface area contributed by atoms with Crippen molar-refractivity contribution in [3.63, 3.8) is 0 Å². The zero-order valence-electron chi connectivity index (χ0n) is 18.4. The molecule has 1 aromatic heterocycles. The second-order valence-electron chi connectivity index (χ2n) is 9.64. The molecular weight excluding hydrogens is 407 g/mol. The Bertz CT molecular complexity index is 1030. The number of benzene rings is 1. The van der Waals surface area contributed by atoms with Gasteiger partial charge >= 0.3 is 6.03 Å². The van der Waals surface area contributed by atoms with Gasteiger partial charge in [0.15, 0.2) is 0 Å². The molecule has 2 amide bonds. The maximum Gasteiger partial charge on any atom is 0.319 e. The van der Waals surface area contributed by atoms with E-state index in [0.717, 1.165) is 63.0 Å². The third-order valence-corrected chi connectivity index (χ3v) is 7.19. The number of urea groups is 1.